The first kappa shape index (κ1) is 18.7. The zero-order valence-corrected chi connectivity index (χ0v) is 16.1. The molecule has 0 bridgehead atoms. The molecule has 2 aromatic carbocycles. The van der Waals surface area contributed by atoms with Gasteiger partial charge in [-0.3, -0.25) is 4.79 Å². The Morgan fingerprint density at radius 1 is 1.07 bits per heavy atom. The van der Waals surface area contributed by atoms with Crippen LogP contribution in [0.5, 0.6) is 17.2 Å². The number of aromatic nitrogens is 1. The highest BCUT2D eigenvalue weighted by Gasteiger charge is 2.20. The van der Waals surface area contributed by atoms with Gasteiger partial charge in [0.05, 0.1) is 21.3 Å². The van der Waals surface area contributed by atoms with Crippen molar-refractivity contribution in [2.45, 2.75) is 0 Å². The van der Waals surface area contributed by atoms with Crippen LogP contribution in [-0.2, 0) is 0 Å². The van der Waals surface area contributed by atoms with E-state index in [9.17, 15) is 4.79 Å². The van der Waals surface area contributed by atoms with Crippen LogP contribution in [0.15, 0.2) is 48.5 Å². The fourth-order valence-corrected chi connectivity index (χ4v) is 3.43. The van der Waals surface area contributed by atoms with Gasteiger partial charge in [-0.2, -0.15) is 0 Å². The molecule has 5 nitrogen and oxygen atoms in total. The van der Waals surface area contributed by atoms with Crippen molar-refractivity contribution in [1.29, 1.82) is 0 Å². The average Bonchev–Trinajstić information content (AvgIpc) is 3.26. The number of thiazole rings is 1. The molecule has 3 aromatic rings. The van der Waals surface area contributed by atoms with Gasteiger partial charge in [0.25, 0.3) is 0 Å². The summed E-state index contributed by atoms with van der Waals surface area (Å²) < 4.78 is 16.0. The molecule has 0 amide bonds. The lowest BCUT2D eigenvalue weighted by Gasteiger charge is -2.14. The van der Waals surface area contributed by atoms with E-state index in [1.165, 1.54) is 32.7 Å². The Bertz CT molecular complexity index is 955. The third kappa shape index (κ3) is 3.57. The van der Waals surface area contributed by atoms with Crippen molar-refractivity contribution in [3.63, 3.8) is 0 Å². The molecule has 0 aliphatic carbocycles. The third-order valence-electron chi connectivity index (χ3n) is 4.12. The van der Waals surface area contributed by atoms with E-state index in [1.54, 1.807) is 24.4 Å². The molecule has 27 heavy (non-hydrogen) atoms. The molecule has 0 aliphatic heterocycles. The van der Waals surface area contributed by atoms with Crippen LogP contribution in [0.2, 0.25) is 0 Å². The standard InChI is InChI=1S/C21H19NO4S/c1-5-13-6-7-14(21-22-8-9-27-21)10-16(13)19(23)15-11-17(24-2)20(26-4)18(12-15)25-3/h5-12H,1H2,2-4H3. The number of methoxy groups -OCH3 is 3. The van der Waals surface area contributed by atoms with Gasteiger partial charge in [0.1, 0.15) is 5.01 Å². The normalized spacial score (nSPS) is 10.3. The Hall–Kier alpha value is -3.12. The van der Waals surface area contributed by atoms with Gasteiger partial charge in [-0.05, 0) is 23.8 Å². The van der Waals surface area contributed by atoms with E-state index in [2.05, 4.69) is 11.6 Å². The zero-order valence-electron chi connectivity index (χ0n) is 15.3. The van der Waals surface area contributed by atoms with Crippen LogP contribution >= 0.6 is 11.3 Å². The summed E-state index contributed by atoms with van der Waals surface area (Å²) in [6, 6.07) is 8.93. The molecule has 3 rings (SSSR count). The van der Waals surface area contributed by atoms with Crippen molar-refractivity contribution >= 4 is 23.2 Å². The summed E-state index contributed by atoms with van der Waals surface area (Å²) in [7, 11) is 4.56. The summed E-state index contributed by atoms with van der Waals surface area (Å²) >= 11 is 1.52. The van der Waals surface area contributed by atoms with Gasteiger partial charge < -0.3 is 14.2 Å². The van der Waals surface area contributed by atoms with Crippen LogP contribution in [0.1, 0.15) is 21.5 Å². The quantitative estimate of drug-likeness (QED) is 0.555. The summed E-state index contributed by atoms with van der Waals surface area (Å²) in [5.74, 6) is 1.13. The third-order valence-corrected chi connectivity index (χ3v) is 4.95. The number of ether oxygens (including phenoxy) is 3. The maximum atomic E-state index is 13.3. The fraction of sp³-hybridized carbons (Fsp3) is 0.143. The largest absolute Gasteiger partial charge is 0.493 e. The number of hydrogen-bond donors (Lipinski definition) is 0. The summed E-state index contributed by atoms with van der Waals surface area (Å²) in [5, 5.41) is 2.75. The second-order valence-corrected chi connectivity index (χ2v) is 6.48. The van der Waals surface area contributed by atoms with Crippen LogP contribution in [0.4, 0.5) is 0 Å². The molecule has 0 spiro atoms. The fourth-order valence-electron chi connectivity index (χ4n) is 2.80. The van der Waals surface area contributed by atoms with Crippen LogP contribution in [0.25, 0.3) is 16.6 Å². The van der Waals surface area contributed by atoms with Gasteiger partial charge in [-0.15, -0.1) is 11.3 Å². The Morgan fingerprint density at radius 3 is 2.30 bits per heavy atom. The second kappa shape index (κ2) is 8.05. The molecule has 1 aromatic heterocycles. The number of nitrogens with zero attached hydrogens (tertiary/aromatic N) is 1. The molecule has 0 saturated carbocycles. The van der Waals surface area contributed by atoms with Crippen LogP contribution < -0.4 is 14.2 Å². The van der Waals surface area contributed by atoms with Crippen LogP contribution in [-0.4, -0.2) is 32.1 Å². The molecule has 0 aliphatic rings. The van der Waals surface area contributed by atoms with E-state index in [4.69, 9.17) is 14.2 Å². The Balaban J connectivity index is 2.13. The summed E-state index contributed by atoms with van der Waals surface area (Å²) in [6.07, 6.45) is 3.40. The molecular weight excluding hydrogens is 362 g/mol. The first-order valence-corrected chi connectivity index (χ1v) is 9.02. The predicted molar refractivity (Wildman–Crippen MR) is 107 cm³/mol. The summed E-state index contributed by atoms with van der Waals surface area (Å²) in [6.45, 7) is 3.82. The number of hydrogen-bond acceptors (Lipinski definition) is 6. The van der Waals surface area contributed by atoms with Crippen molar-refractivity contribution in [3.8, 4) is 27.8 Å². The van der Waals surface area contributed by atoms with Crippen molar-refractivity contribution in [2.24, 2.45) is 0 Å². The highest BCUT2D eigenvalue weighted by Crippen LogP contribution is 2.39. The first-order chi connectivity index (χ1) is 13.1. The van der Waals surface area contributed by atoms with Gasteiger partial charge in [0.2, 0.25) is 5.75 Å². The molecule has 0 radical (unpaired) electrons. The Morgan fingerprint density at radius 2 is 1.78 bits per heavy atom. The molecule has 0 unspecified atom stereocenters. The molecular formula is C21H19NO4S. The lowest BCUT2D eigenvalue weighted by molar-refractivity contribution is 0.103. The van der Waals surface area contributed by atoms with Crippen LogP contribution in [0, 0.1) is 0 Å². The van der Waals surface area contributed by atoms with E-state index in [0.717, 1.165) is 16.1 Å². The Labute approximate surface area is 161 Å². The molecule has 0 saturated heterocycles. The molecule has 6 heteroatoms. The molecule has 0 N–H and O–H groups in total. The maximum absolute atomic E-state index is 13.3. The number of carbonyl (C=O) groups is 1. The van der Waals surface area contributed by atoms with E-state index in [0.29, 0.717) is 28.4 Å². The maximum Gasteiger partial charge on any atom is 0.203 e. The van der Waals surface area contributed by atoms with Crippen molar-refractivity contribution in [1.82, 2.24) is 4.98 Å². The van der Waals surface area contributed by atoms with Crippen molar-refractivity contribution < 1.29 is 19.0 Å². The lowest BCUT2D eigenvalue weighted by atomic mass is 9.95. The summed E-state index contributed by atoms with van der Waals surface area (Å²) in [5.41, 5.74) is 2.59. The minimum atomic E-state index is -0.164. The van der Waals surface area contributed by atoms with Crippen LogP contribution in [0.3, 0.4) is 0 Å². The van der Waals surface area contributed by atoms with Gasteiger partial charge >= 0.3 is 0 Å². The number of benzene rings is 2. The molecule has 138 valence electrons. The zero-order chi connectivity index (χ0) is 19.4. The Kier molecular flexibility index (Phi) is 5.57. The van der Waals surface area contributed by atoms with E-state index >= 15 is 0 Å². The monoisotopic (exact) mass is 381 g/mol. The average molecular weight is 381 g/mol. The highest BCUT2D eigenvalue weighted by atomic mass is 32.1. The van der Waals surface area contributed by atoms with Gasteiger partial charge in [-0.1, -0.05) is 24.8 Å². The van der Waals surface area contributed by atoms with Gasteiger partial charge in [0, 0.05) is 28.3 Å². The molecule has 1 heterocycles. The number of carbonyl (C=O) groups excluding carboxylic acids is 1. The molecule has 0 fully saturated rings. The first-order valence-electron chi connectivity index (χ1n) is 8.14. The van der Waals surface area contributed by atoms with Crippen molar-refractivity contribution in [3.05, 3.63) is 65.2 Å². The smallest absolute Gasteiger partial charge is 0.203 e. The number of rotatable bonds is 7. The lowest BCUT2D eigenvalue weighted by Crippen LogP contribution is -2.06. The van der Waals surface area contributed by atoms with E-state index < -0.39 is 0 Å². The van der Waals surface area contributed by atoms with Gasteiger partial charge in [0.15, 0.2) is 17.3 Å². The summed E-state index contributed by atoms with van der Waals surface area (Å²) in [4.78, 5) is 17.6. The minimum absolute atomic E-state index is 0.164. The molecule has 0 atom stereocenters. The highest BCUT2D eigenvalue weighted by molar-refractivity contribution is 7.13. The minimum Gasteiger partial charge on any atom is -0.493 e. The van der Waals surface area contributed by atoms with Gasteiger partial charge in [-0.25, -0.2) is 4.98 Å². The van der Waals surface area contributed by atoms with E-state index in [1.807, 2.05) is 23.6 Å². The van der Waals surface area contributed by atoms with Crippen molar-refractivity contribution in [2.75, 3.05) is 21.3 Å². The topological polar surface area (TPSA) is 57.7 Å². The van der Waals surface area contributed by atoms with E-state index in [-0.39, 0.29) is 5.78 Å². The predicted octanol–water partition coefficient (Wildman–Crippen LogP) is 4.71. The SMILES string of the molecule is C=Cc1ccc(-c2nccs2)cc1C(=O)c1cc(OC)c(OC)c(OC)c1. The number of ketones is 1. The second-order valence-electron chi connectivity index (χ2n) is 5.59.